The fourth-order valence-electron chi connectivity index (χ4n) is 2.81. The molecule has 20 heavy (non-hydrogen) atoms. The van der Waals surface area contributed by atoms with E-state index in [1.54, 1.807) is 0 Å². The number of piperazine rings is 1. The number of rotatable bonds is 3. The van der Waals surface area contributed by atoms with Crippen molar-refractivity contribution in [1.82, 2.24) is 10.2 Å². The largest absolute Gasteiger partial charge is 0.314 e. The van der Waals surface area contributed by atoms with E-state index in [0.29, 0.717) is 6.04 Å². The number of nitrogens with one attached hydrogen (secondary N) is 1. The summed E-state index contributed by atoms with van der Waals surface area (Å²) in [5.41, 5.74) is 2.65. The summed E-state index contributed by atoms with van der Waals surface area (Å²) in [7, 11) is 0. The lowest BCUT2D eigenvalue weighted by atomic mass is 10.0. The predicted molar refractivity (Wildman–Crippen MR) is 83.9 cm³/mol. The summed E-state index contributed by atoms with van der Waals surface area (Å²) in [6.45, 7) is 4.06. The molecule has 3 heteroatoms. The van der Waals surface area contributed by atoms with Gasteiger partial charge in [0, 0.05) is 37.2 Å². The van der Waals surface area contributed by atoms with E-state index in [-0.39, 0.29) is 0 Å². The Hall–Kier alpha value is -1.35. The fourth-order valence-corrected chi connectivity index (χ4v) is 3.02. The molecule has 0 spiro atoms. The molecule has 104 valence electrons. The van der Waals surface area contributed by atoms with E-state index in [1.807, 2.05) is 12.1 Å². The van der Waals surface area contributed by atoms with Gasteiger partial charge < -0.3 is 5.32 Å². The Labute approximate surface area is 125 Å². The van der Waals surface area contributed by atoms with E-state index in [2.05, 4.69) is 52.7 Å². The highest BCUT2D eigenvalue weighted by molar-refractivity contribution is 6.30. The quantitative estimate of drug-likeness (QED) is 0.929. The van der Waals surface area contributed by atoms with Crippen molar-refractivity contribution in [3.05, 3.63) is 70.7 Å². The molecule has 1 aliphatic rings. The predicted octanol–water partition coefficient (Wildman–Crippen LogP) is 3.49. The average molecular weight is 287 g/mol. The van der Waals surface area contributed by atoms with Crippen molar-refractivity contribution in [2.45, 2.75) is 12.6 Å². The molecule has 0 amide bonds. The highest BCUT2D eigenvalue weighted by atomic mass is 35.5. The van der Waals surface area contributed by atoms with Crippen molar-refractivity contribution in [1.29, 1.82) is 0 Å². The molecule has 1 atom stereocenters. The van der Waals surface area contributed by atoms with Crippen molar-refractivity contribution in [2.75, 3.05) is 19.6 Å². The Morgan fingerprint density at radius 1 is 1.10 bits per heavy atom. The van der Waals surface area contributed by atoms with Gasteiger partial charge in [0.2, 0.25) is 0 Å². The van der Waals surface area contributed by atoms with Crippen LogP contribution in [0.15, 0.2) is 54.6 Å². The van der Waals surface area contributed by atoms with Crippen molar-refractivity contribution in [3.63, 3.8) is 0 Å². The Morgan fingerprint density at radius 2 is 1.95 bits per heavy atom. The first-order chi connectivity index (χ1) is 9.83. The van der Waals surface area contributed by atoms with Gasteiger partial charge in [-0.15, -0.1) is 0 Å². The third-order valence-electron chi connectivity index (χ3n) is 3.81. The smallest absolute Gasteiger partial charge is 0.0476 e. The fraction of sp³-hybridized carbons (Fsp3) is 0.294. The molecule has 0 aromatic heterocycles. The summed E-state index contributed by atoms with van der Waals surface area (Å²) in [5.74, 6) is 0. The molecule has 1 heterocycles. The van der Waals surface area contributed by atoms with E-state index in [4.69, 9.17) is 11.6 Å². The molecule has 1 N–H and O–H groups in total. The Bertz CT molecular complexity index is 556. The molecule has 1 fully saturated rings. The first kappa shape index (κ1) is 13.6. The van der Waals surface area contributed by atoms with E-state index in [0.717, 1.165) is 31.2 Å². The zero-order valence-electron chi connectivity index (χ0n) is 11.4. The number of hydrogen-bond donors (Lipinski definition) is 1. The maximum absolute atomic E-state index is 6.09. The highest BCUT2D eigenvalue weighted by Gasteiger charge is 2.23. The third-order valence-corrected chi connectivity index (χ3v) is 4.05. The van der Waals surface area contributed by atoms with Crippen LogP contribution in [0.3, 0.4) is 0 Å². The lowest BCUT2D eigenvalue weighted by Crippen LogP contribution is -2.45. The molecule has 0 bridgehead atoms. The molecular weight excluding hydrogens is 268 g/mol. The molecule has 2 aromatic carbocycles. The van der Waals surface area contributed by atoms with Gasteiger partial charge in [-0.1, -0.05) is 54.1 Å². The Kier molecular flexibility index (Phi) is 4.36. The SMILES string of the molecule is Clc1cccc(CN2CCNCC2c2ccccc2)c1. The first-order valence-electron chi connectivity index (χ1n) is 7.07. The topological polar surface area (TPSA) is 15.3 Å². The van der Waals surface area contributed by atoms with E-state index >= 15 is 0 Å². The zero-order chi connectivity index (χ0) is 13.8. The van der Waals surface area contributed by atoms with Crippen LogP contribution in [0, 0.1) is 0 Å². The summed E-state index contributed by atoms with van der Waals surface area (Å²) in [6, 6.07) is 19.3. The van der Waals surface area contributed by atoms with Crippen LogP contribution in [0.2, 0.25) is 5.02 Å². The second-order valence-electron chi connectivity index (χ2n) is 5.23. The normalized spacial score (nSPS) is 19.9. The number of benzene rings is 2. The lowest BCUT2D eigenvalue weighted by Gasteiger charge is -2.36. The summed E-state index contributed by atoms with van der Waals surface area (Å²) in [6.07, 6.45) is 0. The van der Waals surface area contributed by atoms with Gasteiger partial charge in [0.25, 0.3) is 0 Å². The van der Waals surface area contributed by atoms with Crippen LogP contribution in [0.5, 0.6) is 0 Å². The summed E-state index contributed by atoms with van der Waals surface area (Å²) >= 11 is 6.09. The van der Waals surface area contributed by atoms with Crippen LogP contribution in [0.1, 0.15) is 17.2 Å². The second kappa shape index (κ2) is 6.40. The molecule has 2 aromatic rings. The summed E-state index contributed by atoms with van der Waals surface area (Å²) in [5, 5.41) is 4.31. The van der Waals surface area contributed by atoms with Gasteiger partial charge in [0.1, 0.15) is 0 Å². The van der Waals surface area contributed by atoms with Crippen molar-refractivity contribution in [2.24, 2.45) is 0 Å². The molecule has 1 unspecified atom stereocenters. The molecule has 1 saturated heterocycles. The minimum atomic E-state index is 0.434. The molecule has 0 radical (unpaired) electrons. The lowest BCUT2D eigenvalue weighted by molar-refractivity contribution is 0.154. The monoisotopic (exact) mass is 286 g/mol. The highest BCUT2D eigenvalue weighted by Crippen LogP contribution is 2.24. The average Bonchev–Trinajstić information content (AvgIpc) is 2.49. The van der Waals surface area contributed by atoms with Crippen LogP contribution >= 0.6 is 11.6 Å². The summed E-state index contributed by atoms with van der Waals surface area (Å²) < 4.78 is 0. The molecule has 2 nitrogen and oxygen atoms in total. The van der Waals surface area contributed by atoms with Crippen LogP contribution in [0.4, 0.5) is 0 Å². The van der Waals surface area contributed by atoms with E-state index in [1.165, 1.54) is 11.1 Å². The minimum absolute atomic E-state index is 0.434. The van der Waals surface area contributed by atoms with Gasteiger partial charge in [0.15, 0.2) is 0 Å². The molecule has 3 rings (SSSR count). The van der Waals surface area contributed by atoms with Crippen molar-refractivity contribution in [3.8, 4) is 0 Å². The molecule has 1 aliphatic heterocycles. The van der Waals surface area contributed by atoms with Gasteiger partial charge in [-0.05, 0) is 23.3 Å². The van der Waals surface area contributed by atoms with Gasteiger partial charge in [-0.2, -0.15) is 0 Å². The third kappa shape index (κ3) is 3.21. The maximum Gasteiger partial charge on any atom is 0.0476 e. The van der Waals surface area contributed by atoms with Crippen molar-refractivity contribution < 1.29 is 0 Å². The number of nitrogens with zero attached hydrogens (tertiary/aromatic N) is 1. The van der Waals surface area contributed by atoms with Crippen LogP contribution in [-0.4, -0.2) is 24.5 Å². The standard InChI is InChI=1S/C17H19ClN2/c18-16-8-4-5-14(11-16)13-20-10-9-19-12-17(20)15-6-2-1-3-7-15/h1-8,11,17,19H,9-10,12-13H2. The second-order valence-corrected chi connectivity index (χ2v) is 5.67. The van der Waals surface area contributed by atoms with Gasteiger partial charge >= 0.3 is 0 Å². The van der Waals surface area contributed by atoms with Crippen LogP contribution in [0.25, 0.3) is 0 Å². The zero-order valence-corrected chi connectivity index (χ0v) is 12.2. The molecule has 0 saturated carbocycles. The first-order valence-corrected chi connectivity index (χ1v) is 7.45. The van der Waals surface area contributed by atoms with Crippen LogP contribution in [-0.2, 0) is 6.54 Å². The Morgan fingerprint density at radius 3 is 2.75 bits per heavy atom. The molecular formula is C17H19ClN2. The van der Waals surface area contributed by atoms with Gasteiger partial charge in [0.05, 0.1) is 0 Å². The Balaban J connectivity index is 1.79. The van der Waals surface area contributed by atoms with E-state index < -0.39 is 0 Å². The summed E-state index contributed by atoms with van der Waals surface area (Å²) in [4.78, 5) is 2.53. The number of halogens is 1. The maximum atomic E-state index is 6.09. The van der Waals surface area contributed by atoms with Gasteiger partial charge in [-0.25, -0.2) is 0 Å². The van der Waals surface area contributed by atoms with Gasteiger partial charge in [-0.3, -0.25) is 4.90 Å². The van der Waals surface area contributed by atoms with Crippen LogP contribution < -0.4 is 5.32 Å². The van der Waals surface area contributed by atoms with E-state index in [9.17, 15) is 0 Å². The minimum Gasteiger partial charge on any atom is -0.314 e. The molecule has 0 aliphatic carbocycles. The van der Waals surface area contributed by atoms with Crippen molar-refractivity contribution >= 4 is 11.6 Å². The number of hydrogen-bond acceptors (Lipinski definition) is 2.